The first kappa shape index (κ1) is 22.2. The molecule has 0 amide bonds. The maximum Gasteiger partial charge on any atom is 0.294 e. The zero-order valence-electron chi connectivity index (χ0n) is 18.6. The number of hydrogen-bond acceptors (Lipinski definition) is 5. The van der Waals surface area contributed by atoms with Gasteiger partial charge in [-0.15, -0.1) is 0 Å². The molecule has 0 spiro atoms. The van der Waals surface area contributed by atoms with E-state index in [4.69, 9.17) is 21.4 Å². The van der Waals surface area contributed by atoms with E-state index in [0.717, 1.165) is 49.4 Å². The van der Waals surface area contributed by atoms with Gasteiger partial charge in [0.2, 0.25) is 0 Å². The lowest BCUT2D eigenvalue weighted by Gasteiger charge is -2.30. The zero-order valence-corrected chi connectivity index (χ0v) is 19.4. The summed E-state index contributed by atoms with van der Waals surface area (Å²) in [4.78, 5) is 15.7. The van der Waals surface area contributed by atoms with E-state index in [0.29, 0.717) is 28.6 Å². The third-order valence-corrected chi connectivity index (χ3v) is 6.11. The molecule has 2 aromatic carbocycles. The number of halogens is 1. The average Bonchev–Trinajstić information content (AvgIpc) is 2.84. The molecule has 0 atom stereocenters. The van der Waals surface area contributed by atoms with Crippen molar-refractivity contribution in [2.45, 2.75) is 32.6 Å². The van der Waals surface area contributed by atoms with Crippen molar-refractivity contribution in [1.82, 2.24) is 9.78 Å². The number of methoxy groups -OCH3 is 1. The number of piperidine rings is 1. The van der Waals surface area contributed by atoms with Gasteiger partial charge in [-0.1, -0.05) is 36.7 Å². The number of hydrogen-bond donors (Lipinski definition) is 1. The molecule has 1 aromatic heterocycles. The predicted molar refractivity (Wildman–Crippen MR) is 132 cm³/mol. The summed E-state index contributed by atoms with van der Waals surface area (Å²) in [6, 6.07) is 15.3. The lowest BCUT2D eigenvalue weighted by molar-refractivity contribution is 0.415. The van der Waals surface area contributed by atoms with Crippen molar-refractivity contribution in [1.29, 1.82) is 0 Å². The number of anilines is 2. The van der Waals surface area contributed by atoms with E-state index in [1.807, 2.05) is 42.5 Å². The maximum absolute atomic E-state index is 13.4. The highest BCUT2D eigenvalue weighted by atomic mass is 35.5. The van der Waals surface area contributed by atoms with Crippen molar-refractivity contribution < 1.29 is 4.74 Å². The van der Waals surface area contributed by atoms with Gasteiger partial charge in [-0.3, -0.25) is 4.79 Å². The minimum absolute atomic E-state index is 0.220. The van der Waals surface area contributed by atoms with Gasteiger partial charge >= 0.3 is 0 Å². The van der Waals surface area contributed by atoms with Crippen LogP contribution in [0.2, 0.25) is 5.02 Å². The van der Waals surface area contributed by atoms with Crippen LogP contribution < -0.4 is 20.5 Å². The Bertz CT molecular complexity index is 1140. The topological polar surface area (TPSA) is 59.4 Å². The number of rotatable bonds is 7. The molecule has 4 rings (SSSR count). The Hall–Kier alpha value is -2.99. The molecule has 1 fully saturated rings. The molecule has 168 valence electrons. The van der Waals surface area contributed by atoms with Crippen molar-refractivity contribution in [2.75, 3.05) is 37.0 Å². The molecule has 1 aliphatic heterocycles. The van der Waals surface area contributed by atoms with Crippen molar-refractivity contribution in [3.05, 3.63) is 63.9 Å². The van der Waals surface area contributed by atoms with Gasteiger partial charge in [0.1, 0.15) is 11.4 Å². The van der Waals surface area contributed by atoms with E-state index < -0.39 is 0 Å². The van der Waals surface area contributed by atoms with Crippen LogP contribution in [0.15, 0.2) is 53.3 Å². The lowest BCUT2D eigenvalue weighted by atomic mass is 10.1. The summed E-state index contributed by atoms with van der Waals surface area (Å²) in [5.74, 6) is 0.732. The van der Waals surface area contributed by atoms with Gasteiger partial charge in [-0.05, 0) is 56.0 Å². The molecule has 3 aromatic rings. The first-order chi connectivity index (χ1) is 15.6. The first-order valence-corrected chi connectivity index (χ1v) is 11.6. The Morgan fingerprint density at radius 3 is 2.56 bits per heavy atom. The summed E-state index contributed by atoms with van der Waals surface area (Å²) in [6.45, 7) is 4.70. The highest BCUT2D eigenvalue weighted by Crippen LogP contribution is 2.33. The van der Waals surface area contributed by atoms with Gasteiger partial charge in [0, 0.05) is 25.2 Å². The molecule has 2 heterocycles. The second kappa shape index (κ2) is 10.1. The highest BCUT2D eigenvalue weighted by Gasteiger charge is 2.19. The molecule has 0 unspecified atom stereocenters. The van der Waals surface area contributed by atoms with Crippen LogP contribution in [0.1, 0.15) is 32.6 Å². The van der Waals surface area contributed by atoms with E-state index in [9.17, 15) is 4.79 Å². The van der Waals surface area contributed by atoms with Crippen LogP contribution in [0.4, 0.5) is 11.4 Å². The monoisotopic (exact) mass is 452 g/mol. The summed E-state index contributed by atoms with van der Waals surface area (Å²) in [7, 11) is 1.63. The second-order valence-electron chi connectivity index (χ2n) is 7.98. The van der Waals surface area contributed by atoms with Crippen LogP contribution in [0.3, 0.4) is 0 Å². The van der Waals surface area contributed by atoms with Crippen LogP contribution in [-0.2, 0) is 0 Å². The second-order valence-corrected chi connectivity index (χ2v) is 8.35. The van der Waals surface area contributed by atoms with Crippen molar-refractivity contribution in [2.24, 2.45) is 0 Å². The van der Waals surface area contributed by atoms with Crippen LogP contribution in [0.5, 0.6) is 5.75 Å². The third kappa shape index (κ3) is 4.60. The molecule has 7 heteroatoms. The molecule has 1 saturated heterocycles. The predicted octanol–water partition coefficient (Wildman–Crippen LogP) is 5.37. The molecule has 1 N–H and O–H groups in total. The fourth-order valence-corrected chi connectivity index (χ4v) is 4.34. The molecule has 0 aliphatic carbocycles. The average molecular weight is 453 g/mol. The van der Waals surface area contributed by atoms with Crippen LogP contribution >= 0.6 is 11.6 Å². The van der Waals surface area contributed by atoms with Crippen molar-refractivity contribution in [3.63, 3.8) is 0 Å². The fourth-order valence-electron chi connectivity index (χ4n) is 4.02. The highest BCUT2D eigenvalue weighted by molar-refractivity contribution is 6.35. The molecule has 0 saturated carbocycles. The number of nitrogens with zero attached hydrogens (tertiary/aromatic N) is 3. The van der Waals surface area contributed by atoms with E-state index in [-0.39, 0.29) is 5.56 Å². The number of nitrogens with one attached hydrogen (secondary N) is 1. The minimum Gasteiger partial charge on any atom is -0.497 e. The fraction of sp³-hybridized carbons (Fsp3) is 0.360. The molecule has 6 nitrogen and oxygen atoms in total. The number of aromatic nitrogens is 2. The Labute approximate surface area is 193 Å². The Kier molecular flexibility index (Phi) is 7.00. The third-order valence-electron chi connectivity index (χ3n) is 5.73. The minimum atomic E-state index is -0.220. The summed E-state index contributed by atoms with van der Waals surface area (Å²) in [5.41, 5.74) is 3.35. The summed E-state index contributed by atoms with van der Waals surface area (Å²) >= 11 is 6.87. The maximum atomic E-state index is 13.4. The molecule has 1 aliphatic rings. The van der Waals surface area contributed by atoms with E-state index in [2.05, 4.69) is 17.1 Å². The molecular formula is C25H29ClN4O2. The van der Waals surface area contributed by atoms with E-state index in [1.165, 1.54) is 11.1 Å². The molecule has 32 heavy (non-hydrogen) atoms. The van der Waals surface area contributed by atoms with Gasteiger partial charge in [0.15, 0.2) is 0 Å². The Morgan fingerprint density at radius 2 is 1.81 bits per heavy atom. The summed E-state index contributed by atoms with van der Waals surface area (Å²) < 4.78 is 6.79. The SMILES string of the molecule is CCCNc1cc(-c2cccc(OC)c2)nn(-c2cccc(N3CCCCC3)c2Cl)c1=O. The number of ether oxygens (including phenoxy) is 1. The van der Waals surface area contributed by atoms with Gasteiger partial charge in [0.05, 0.1) is 29.2 Å². The van der Waals surface area contributed by atoms with Gasteiger partial charge in [-0.25, -0.2) is 0 Å². The van der Waals surface area contributed by atoms with Crippen LogP contribution in [-0.4, -0.2) is 36.5 Å². The van der Waals surface area contributed by atoms with Crippen molar-refractivity contribution >= 4 is 23.0 Å². The molecular weight excluding hydrogens is 424 g/mol. The van der Waals surface area contributed by atoms with Gasteiger partial charge in [0.25, 0.3) is 5.56 Å². The quantitative estimate of drug-likeness (QED) is 0.522. The number of benzene rings is 2. The normalized spacial score (nSPS) is 13.8. The lowest BCUT2D eigenvalue weighted by Crippen LogP contribution is -2.30. The first-order valence-electron chi connectivity index (χ1n) is 11.2. The van der Waals surface area contributed by atoms with E-state index in [1.54, 1.807) is 13.2 Å². The van der Waals surface area contributed by atoms with Crippen LogP contribution in [0.25, 0.3) is 16.9 Å². The van der Waals surface area contributed by atoms with Gasteiger partial charge < -0.3 is 15.0 Å². The van der Waals surface area contributed by atoms with Crippen LogP contribution in [0, 0.1) is 0 Å². The Balaban J connectivity index is 1.85. The summed E-state index contributed by atoms with van der Waals surface area (Å²) in [6.07, 6.45) is 4.44. The molecule has 0 bridgehead atoms. The smallest absolute Gasteiger partial charge is 0.294 e. The largest absolute Gasteiger partial charge is 0.497 e. The zero-order chi connectivity index (χ0) is 22.5. The van der Waals surface area contributed by atoms with Gasteiger partial charge in [-0.2, -0.15) is 9.78 Å². The standard InChI is InChI=1S/C25H29ClN4O2/c1-3-13-27-21-17-20(18-9-7-10-19(16-18)32-2)28-30(25(21)31)23-12-8-11-22(24(23)26)29-14-5-4-6-15-29/h7-12,16-17,27H,3-6,13-15H2,1-2H3. The van der Waals surface area contributed by atoms with Crippen molar-refractivity contribution in [3.8, 4) is 22.7 Å². The van der Waals surface area contributed by atoms with E-state index >= 15 is 0 Å². The Morgan fingerprint density at radius 1 is 1.06 bits per heavy atom. The summed E-state index contributed by atoms with van der Waals surface area (Å²) in [5, 5.41) is 8.51. The molecule has 0 radical (unpaired) electrons.